The van der Waals surface area contributed by atoms with Crippen LogP contribution in [0.4, 0.5) is 0 Å². The number of ether oxygens (including phenoxy) is 3. The molecule has 1 heterocycles. The third-order valence-corrected chi connectivity index (χ3v) is 5.93. The molecule has 0 spiro atoms. The van der Waals surface area contributed by atoms with E-state index in [-0.39, 0.29) is 10.8 Å². The Labute approximate surface area is 138 Å². The molecule has 130 valence electrons. The zero-order chi connectivity index (χ0) is 16.9. The predicted octanol–water partition coefficient (Wildman–Crippen LogP) is 2.14. The van der Waals surface area contributed by atoms with Gasteiger partial charge >= 0.3 is 0 Å². The second-order valence-electron chi connectivity index (χ2n) is 5.55. The first-order valence-corrected chi connectivity index (χ1v) is 9.26. The normalized spacial score (nSPS) is 19.5. The summed E-state index contributed by atoms with van der Waals surface area (Å²) >= 11 is 0. The molecule has 1 aromatic carbocycles. The minimum atomic E-state index is -3.59. The second kappa shape index (κ2) is 7.99. The van der Waals surface area contributed by atoms with E-state index < -0.39 is 10.0 Å². The minimum Gasteiger partial charge on any atom is -0.497 e. The number of benzene rings is 1. The van der Waals surface area contributed by atoms with Crippen molar-refractivity contribution in [3.8, 4) is 11.5 Å². The van der Waals surface area contributed by atoms with Crippen LogP contribution in [-0.4, -0.2) is 53.2 Å². The Hall–Kier alpha value is -1.31. The summed E-state index contributed by atoms with van der Waals surface area (Å²) in [4.78, 5) is 0.179. The van der Waals surface area contributed by atoms with E-state index in [9.17, 15) is 8.42 Å². The van der Waals surface area contributed by atoms with Crippen LogP contribution in [0.5, 0.6) is 11.5 Å². The monoisotopic (exact) mass is 343 g/mol. The van der Waals surface area contributed by atoms with Gasteiger partial charge in [-0.25, -0.2) is 8.42 Å². The number of sulfonamides is 1. The molecule has 0 bridgehead atoms. The lowest BCUT2D eigenvalue weighted by atomic mass is 10.0. The molecule has 0 amide bonds. The Morgan fingerprint density at radius 3 is 2.70 bits per heavy atom. The second-order valence-corrected chi connectivity index (χ2v) is 7.45. The first-order valence-electron chi connectivity index (χ1n) is 7.82. The quantitative estimate of drug-likeness (QED) is 0.759. The van der Waals surface area contributed by atoms with Crippen molar-refractivity contribution in [2.24, 2.45) is 5.92 Å². The lowest BCUT2D eigenvalue weighted by Gasteiger charge is -2.32. The lowest BCUT2D eigenvalue weighted by molar-refractivity contribution is 0.0864. The Kier molecular flexibility index (Phi) is 6.26. The molecular weight excluding hydrogens is 318 g/mol. The highest BCUT2D eigenvalue weighted by atomic mass is 32.2. The Morgan fingerprint density at radius 1 is 1.26 bits per heavy atom. The summed E-state index contributed by atoms with van der Waals surface area (Å²) in [5.41, 5.74) is 0. The molecule has 1 unspecified atom stereocenters. The van der Waals surface area contributed by atoms with Crippen LogP contribution in [0, 0.1) is 5.92 Å². The molecule has 1 aliphatic rings. The lowest BCUT2D eigenvalue weighted by Crippen LogP contribution is -2.41. The zero-order valence-electron chi connectivity index (χ0n) is 13.9. The maximum Gasteiger partial charge on any atom is 0.246 e. The van der Waals surface area contributed by atoms with Gasteiger partial charge in [0, 0.05) is 25.8 Å². The largest absolute Gasteiger partial charge is 0.497 e. The number of methoxy groups -OCH3 is 2. The molecule has 1 atom stereocenters. The van der Waals surface area contributed by atoms with Gasteiger partial charge in [-0.1, -0.05) is 0 Å². The summed E-state index contributed by atoms with van der Waals surface area (Å²) in [6.45, 7) is 4.20. The van der Waals surface area contributed by atoms with Gasteiger partial charge in [0.2, 0.25) is 10.0 Å². The third kappa shape index (κ3) is 4.16. The highest BCUT2D eigenvalue weighted by Gasteiger charge is 2.32. The molecule has 0 N–H and O–H groups in total. The standard InChI is InChI=1S/C16H25NO5S/c1-4-22-12-13-6-5-9-17(11-13)23(18,19)16-8-7-14(20-2)10-15(16)21-3/h7-8,10,13H,4-6,9,11-12H2,1-3H3. The van der Waals surface area contributed by atoms with Crippen molar-refractivity contribution in [2.75, 3.05) is 40.5 Å². The van der Waals surface area contributed by atoms with E-state index in [4.69, 9.17) is 14.2 Å². The van der Waals surface area contributed by atoms with Crippen molar-refractivity contribution in [2.45, 2.75) is 24.7 Å². The number of rotatable bonds is 7. The molecule has 0 radical (unpaired) electrons. The highest BCUT2D eigenvalue weighted by molar-refractivity contribution is 7.89. The van der Waals surface area contributed by atoms with E-state index in [2.05, 4.69) is 0 Å². The van der Waals surface area contributed by atoms with Gasteiger partial charge in [0.25, 0.3) is 0 Å². The smallest absolute Gasteiger partial charge is 0.246 e. The van der Waals surface area contributed by atoms with Gasteiger partial charge in [0.15, 0.2) is 0 Å². The van der Waals surface area contributed by atoms with E-state index in [0.717, 1.165) is 12.8 Å². The van der Waals surface area contributed by atoms with Crippen LogP contribution < -0.4 is 9.47 Å². The molecule has 0 aliphatic carbocycles. The van der Waals surface area contributed by atoms with Crippen molar-refractivity contribution in [1.82, 2.24) is 4.31 Å². The van der Waals surface area contributed by atoms with Gasteiger partial charge in [-0.05, 0) is 37.8 Å². The maximum absolute atomic E-state index is 13.0. The average Bonchev–Trinajstić information content (AvgIpc) is 2.59. The van der Waals surface area contributed by atoms with Gasteiger partial charge in [-0.2, -0.15) is 4.31 Å². The van der Waals surface area contributed by atoms with Crippen molar-refractivity contribution >= 4 is 10.0 Å². The SMILES string of the molecule is CCOCC1CCCN(S(=O)(=O)c2ccc(OC)cc2OC)C1. The maximum atomic E-state index is 13.0. The first-order chi connectivity index (χ1) is 11.0. The van der Waals surface area contributed by atoms with E-state index in [1.807, 2.05) is 6.92 Å². The van der Waals surface area contributed by atoms with Crippen molar-refractivity contribution in [3.05, 3.63) is 18.2 Å². The van der Waals surface area contributed by atoms with Gasteiger partial charge in [0.05, 0.1) is 20.8 Å². The molecule has 1 saturated heterocycles. The molecular formula is C16H25NO5S. The summed E-state index contributed by atoms with van der Waals surface area (Å²) in [5, 5.41) is 0. The minimum absolute atomic E-state index is 0.179. The summed E-state index contributed by atoms with van der Waals surface area (Å²) < 4.78 is 43.3. The molecule has 23 heavy (non-hydrogen) atoms. The molecule has 2 rings (SSSR count). The molecule has 0 saturated carbocycles. The fourth-order valence-corrected chi connectivity index (χ4v) is 4.48. The Morgan fingerprint density at radius 2 is 2.04 bits per heavy atom. The molecule has 1 aromatic rings. The summed E-state index contributed by atoms with van der Waals surface area (Å²) in [7, 11) is -0.597. The summed E-state index contributed by atoms with van der Waals surface area (Å²) in [6.07, 6.45) is 1.83. The van der Waals surface area contributed by atoms with Crippen LogP contribution >= 0.6 is 0 Å². The van der Waals surface area contributed by atoms with Crippen LogP contribution in [0.2, 0.25) is 0 Å². The molecule has 7 heteroatoms. The Balaban J connectivity index is 2.23. The van der Waals surface area contributed by atoms with Crippen LogP contribution in [0.1, 0.15) is 19.8 Å². The Bertz CT molecular complexity index is 617. The van der Waals surface area contributed by atoms with Gasteiger partial charge in [0.1, 0.15) is 16.4 Å². The van der Waals surface area contributed by atoms with Gasteiger partial charge in [-0.3, -0.25) is 0 Å². The van der Waals surface area contributed by atoms with Gasteiger partial charge < -0.3 is 14.2 Å². The summed E-state index contributed by atoms with van der Waals surface area (Å²) in [5.74, 6) is 1.10. The first kappa shape index (κ1) is 18.0. The highest BCUT2D eigenvalue weighted by Crippen LogP contribution is 2.32. The average molecular weight is 343 g/mol. The fraction of sp³-hybridized carbons (Fsp3) is 0.625. The van der Waals surface area contributed by atoms with Crippen LogP contribution in [-0.2, 0) is 14.8 Å². The van der Waals surface area contributed by atoms with Gasteiger partial charge in [-0.15, -0.1) is 0 Å². The molecule has 6 nitrogen and oxygen atoms in total. The topological polar surface area (TPSA) is 65.1 Å². The number of nitrogens with zero attached hydrogens (tertiary/aromatic N) is 1. The number of piperidine rings is 1. The number of hydrogen-bond donors (Lipinski definition) is 0. The number of hydrogen-bond acceptors (Lipinski definition) is 5. The zero-order valence-corrected chi connectivity index (χ0v) is 14.8. The van der Waals surface area contributed by atoms with Crippen molar-refractivity contribution in [3.63, 3.8) is 0 Å². The van der Waals surface area contributed by atoms with Crippen LogP contribution in [0.25, 0.3) is 0 Å². The van der Waals surface area contributed by atoms with Crippen LogP contribution in [0.3, 0.4) is 0 Å². The molecule has 0 aromatic heterocycles. The molecule has 1 fully saturated rings. The summed E-state index contributed by atoms with van der Waals surface area (Å²) in [6, 6.07) is 4.77. The van der Waals surface area contributed by atoms with E-state index >= 15 is 0 Å². The third-order valence-electron chi connectivity index (χ3n) is 4.03. The van der Waals surface area contributed by atoms with Crippen LogP contribution in [0.15, 0.2) is 23.1 Å². The van der Waals surface area contributed by atoms with E-state index in [1.165, 1.54) is 18.5 Å². The predicted molar refractivity (Wildman–Crippen MR) is 87.5 cm³/mol. The van der Waals surface area contributed by atoms with Crippen molar-refractivity contribution < 1.29 is 22.6 Å². The fourth-order valence-electron chi connectivity index (χ4n) is 2.79. The van der Waals surface area contributed by atoms with E-state index in [0.29, 0.717) is 37.8 Å². The van der Waals surface area contributed by atoms with E-state index in [1.54, 1.807) is 18.2 Å². The molecule has 1 aliphatic heterocycles. The van der Waals surface area contributed by atoms with Crippen molar-refractivity contribution in [1.29, 1.82) is 0 Å².